The Balaban J connectivity index is 0.912. The SMILES string of the molecule is c1ccc2c(c1)-c1ccccc1C21c2ccccc2-c2ccc3cc(-c4ccc5cc(-c6ccc7c(c6)oc6c8ccccc8ccc76)ccc5c4)ccc3c21. The van der Waals surface area contributed by atoms with Gasteiger partial charge in [-0.15, -0.1) is 0 Å². The zero-order valence-corrected chi connectivity index (χ0v) is 30.4. The highest BCUT2D eigenvalue weighted by Crippen LogP contribution is 2.64. The van der Waals surface area contributed by atoms with Crippen molar-refractivity contribution in [2.45, 2.75) is 5.41 Å². The van der Waals surface area contributed by atoms with E-state index in [1.807, 2.05) is 0 Å². The molecular weight excluding hydrogens is 677 g/mol. The van der Waals surface area contributed by atoms with Crippen molar-refractivity contribution in [1.29, 1.82) is 0 Å². The molecule has 0 saturated carbocycles. The van der Waals surface area contributed by atoms with Crippen LogP contribution in [0.4, 0.5) is 0 Å². The highest BCUT2D eigenvalue weighted by atomic mass is 16.3. The van der Waals surface area contributed by atoms with Crippen molar-refractivity contribution >= 4 is 54.3 Å². The zero-order chi connectivity index (χ0) is 36.5. The van der Waals surface area contributed by atoms with Crippen molar-refractivity contribution in [3.8, 4) is 44.5 Å². The van der Waals surface area contributed by atoms with Gasteiger partial charge in [0.15, 0.2) is 0 Å². The topological polar surface area (TPSA) is 13.1 Å². The van der Waals surface area contributed by atoms with E-state index in [4.69, 9.17) is 4.42 Å². The maximum atomic E-state index is 6.51. The molecular formula is C55H32O. The van der Waals surface area contributed by atoms with Gasteiger partial charge >= 0.3 is 0 Å². The number of rotatable bonds is 2. The maximum absolute atomic E-state index is 6.51. The van der Waals surface area contributed by atoms with Crippen LogP contribution in [0.1, 0.15) is 22.3 Å². The van der Waals surface area contributed by atoms with Crippen molar-refractivity contribution in [2.75, 3.05) is 0 Å². The van der Waals surface area contributed by atoms with Crippen LogP contribution < -0.4 is 0 Å². The Morgan fingerprint density at radius 1 is 0.304 bits per heavy atom. The second kappa shape index (κ2) is 10.9. The van der Waals surface area contributed by atoms with E-state index < -0.39 is 0 Å². The van der Waals surface area contributed by atoms with E-state index in [0.717, 1.165) is 32.9 Å². The summed E-state index contributed by atoms with van der Waals surface area (Å²) in [6.07, 6.45) is 0. The third-order valence-electron chi connectivity index (χ3n) is 12.8. The predicted molar refractivity (Wildman–Crippen MR) is 233 cm³/mol. The van der Waals surface area contributed by atoms with Crippen LogP contribution in [0.25, 0.3) is 98.8 Å². The van der Waals surface area contributed by atoms with Gasteiger partial charge in [-0.05, 0) is 130 Å². The molecule has 2 aliphatic rings. The van der Waals surface area contributed by atoms with Crippen LogP contribution in [-0.4, -0.2) is 0 Å². The first-order chi connectivity index (χ1) is 27.7. The number of benzene rings is 10. The molecule has 1 spiro atoms. The van der Waals surface area contributed by atoms with Gasteiger partial charge in [-0.25, -0.2) is 0 Å². The molecule has 11 aromatic rings. The van der Waals surface area contributed by atoms with Crippen LogP contribution >= 0.6 is 0 Å². The van der Waals surface area contributed by atoms with E-state index in [0.29, 0.717) is 0 Å². The highest BCUT2D eigenvalue weighted by Gasteiger charge is 2.52. The number of fused-ring (bicyclic) bond motifs is 18. The summed E-state index contributed by atoms with van der Waals surface area (Å²) in [7, 11) is 0. The summed E-state index contributed by atoms with van der Waals surface area (Å²) in [5.74, 6) is 0. The second-order valence-corrected chi connectivity index (χ2v) is 15.6. The average molecular weight is 709 g/mol. The van der Waals surface area contributed by atoms with E-state index in [1.54, 1.807) is 0 Å². The molecule has 0 radical (unpaired) electrons. The molecule has 56 heavy (non-hydrogen) atoms. The fraction of sp³-hybridized carbons (Fsp3) is 0.0182. The standard InChI is InChI=1S/C55H32O/c1-2-10-42-33(9-1)21-28-48-46-26-23-39(32-52(46)56-54(42)48)37-20-19-34-29-36(18-17-35(34)30-37)38-22-25-41-40(31-38)24-27-47-45-13-5-8-16-51(45)55(53(41)47)49-14-6-3-11-43(49)44-12-4-7-15-50(44)55/h1-32H. The Kier molecular flexibility index (Phi) is 5.89. The molecule has 1 nitrogen and oxygen atoms in total. The van der Waals surface area contributed by atoms with Crippen molar-refractivity contribution < 1.29 is 4.42 Å². The molecule has 0 amide bonds. The largest absolute Gasteiger partial charge is 0.455 e. The number of hydrogen-bond donors (Lipinski definition) is 0. The molecule has 0 fully saturated rings. The summed E-state index contributed by atoms with van der Waals surface area (Å²) >= 11 is 0. The van der Waals surface area contributed by atoms with Gasteiger partial charge in [0.25, 0.3) is 0 Å². The molecule has 13 rings (SSSR count). The molecule has 0 saturated heterocycles. The molecule has 1 heterocycles. The molecule has 1 heteroatoms. The van der Waals surface area contributed by atoms with Gasteiger partial charge in [0.05, 0.1) is 5.41 Å². The molecule has 258 valence electrons. The molecule has 1 aromatic heterocycles. The first-order valence-corrected chi connectivity index (χ1v) is 19.5. The lowest BCUT2D eigenvalue weighted by atomic mass is 9.69. The first-order valence-electron chi connectivity index (χ1n) is 19.5. The van der Waals surface area contributed by atoms with Crippen LogP contribution in [0.2, 0.25) is 0 Å². The summed E-state index contributed by atoms with van der Waals surface area (Å²) in [4.78, 5) is 0. The van der Waals surface area contributed by atoms with E-state index in [-0.39, 0.29) is 5.41 Å². The van der Waals surface area contributed by atoms with Crippen molar-refractivity contribution in [2.24, 2.45) is 0 Å². The Bertz CT molecular complexity index is 3420. The average Bonchev–Trinajstić information content (AvgIpc) is 3.90. The second-order valence-electron chi connectivity index (χ2n) is 15.6. The molecule has 0 aliphatic heterocycles. The minimum atomic E-state index is -0.357. The lowest BCUT2D eigenvalue weighted by Gasteiger charge is -2.31. The predicted octanol–water partition coefficient (Wildman–Crippen LogP) is 14.7. The normalized spacial score (nSPS) is 13.5. The van der Waals surface area contributed by atoms with E-state index in [2.05, 4.69) is 194 Å². The third-order valence-corrected chi connectivity index (χ3v) is 12.8. The van der Waals surface area contributed by atoms with Crippen molar-refractivity contribution in [1.82, 2.24) is 0 Å². The molecule has 2 aliphatic carbocycles. The van der Waals surface area contributed by atoms with Crippen molar-refractivity contribution in [3.63, 3.8) is 0 Å². The van der Waals surface area contributed by atoms with E-state index in [1.165, 1.54) is 88.1 Å². The summed E-state index contributed by atoms with van der Waals surface area (Å²) in [6.45, 7) is 0. The molecule has 0 unspecified atom stereocenters. The summed E-state index contributed by atoms with van der Waals surface area (Å²) in [5.41, 5.74) is 17.2. The Morgan fingerprint density at radius 3 is 1.46 bits per heavy atom. The van der Waals surface area contributed by atoms with E-state index >= 15 is 0 Å². The van der Waals surface area contributed by atoms with Gasteiger partial charge in [0, 0.05) is 16.2 Å². The lowest BCUT2D eigenvalue weighted by Crippen LogP contribution is -2.26. The van der Waals surface area contributed by atoms with Gasteiger partial charge < -0.3 is 4.42 Å². The van der Waals surface area contributed by atoms with Crippen LogP contribution in [0, 0.1) is 0 Å². The smallest absolute Gasteiger partial charge is 0.143 e. The highest BCUT2D eigenvalue weighted by molar-refractivity contribution is 6.15. The Hall–Kier alpha value is -7.22. The quantitative estimate of drug-likeness (QED) is 0.174. The summed E-state index contributed by atoms with van der Waals surface area (Å²) < 4.78 is 6.51. The van der Waals surface area contributed by atoms with E-state index in [9.17, 15) is 0 Å². The van der Waals surface area contributed by atoms with Crippen LogP contribution in [0.5, 0.6) is 0 Å². The monoisotopic (exact) mass is 708 g/mol. The maximum Gasteiger partial charge on any atom is 0.143 e. The lowest BCUT2D eigenvalue weighted by molar-refractivity contribution is 0.673. The first kappa shape index (κ1) is 30.1. The van der Waals surface area contributed by atoms with Gasteiger partial charge in [-0.2, -0.15) is 0 Å². The number of hydrogen-bond acceptors (Lipinski definition) is 1. The molecule has 10 aromatic carbocycles. The minimum absolute atomic E-state index is 0.357. The van der Waals surface area contributed by atoms with Crippen LogP contribution in [0.3, 0.4) is 0 Å². The summed E-state index contributed by atoms with van der Waals surface area (Å²) in [5, 5.41) is 9.68. The van der Waals surface area contributed by atoms with Gasteiger partial charge in [0.2, 0.25) is 0 Å². The Labute approximate surface area is 323 Å². The zero-order valence-electron chi connectivity index (χ0n) is 30.4. The summed E-state index contributed by atoms with van der Waals surface area (Å²) in [6, 6.07) is 72.0. The van der Waals surface area contributed by atoms with Gasteiger partial charge in [-0.1, -0.05) is 158 Å². The van der Waals surface area contributed by atoms with Gasteiger partial charge in [-0.3, -0.25) is 0 Å². The van der Waals surface area contributed by atoms with Gasteiger partial charge in [0.1, 0.15) is 11.2 Å². The molecule has 0 N–H and O–H groups in total. The van der Waals surface area contributed by atoms with Crippen LogP contribution in [0.15, 0.2) is 199 Å². The Morgan fingerprint density at radius 2 is 0.786 bits per heavy atom. The minimum Gasteiger partial charge on any atom is -0.455 e. The number of furan rings is 1. The van der Waals surface area contributed by atoms with Crippen LogP contribution in [-0.2, 0) is 5.41 Å². The fourth-order valence-electron chi connectivity index (χ4n) is 10.4. The third kappa shape index (κ3) is 3.89. The van der Waals surface area contributed by atoms with Crippen molar-refractivity contribution in [3.05, 3.63) is 216 Å². The molecule has 0 atom stereocenters. The fourth-order valence-corrected chi connectivity index (χ4v) is 10.4. The molecule has 0 bridgehead atoms.